The Hall–Kier alpha value is -5.14. The number of nitrogens with two attached hydrogens (primary N) is 1. The molecule has 54 heavy (non-hydrogen) atoms. The van der Waals surface area contributed by atoms with E-state index in [4.69, 9.17) is 15.2 Å². The second-order valence-electron chi connectivity index (χ2n) is 15.3. The summed E-state index contributed by atoms with van der Waals surface area (Å²) in [4.78, 5) is 34.1. The van der Waals surface area contributed by atoms with Crippen molar-refractivity contribution in [2.75, 3.05) is 37.0 Å². The summed E-state index contributed by atoms with van der Waals surface area (Å²) in [6, 6.07) is 17.2. The molecular weight excluding hydrogens is 689 g/mol. The first-order valence-electron chi connectivity index (χ1n) is 19.1. The molecule has 4 fully saturated rings. The topological polar surface area (TPSA) is 156 Å². The fourth-order valence-corrected chi connectivity index (χ4v) is 9.72. The Balaban J connectivity index is 0.889. The highest BCUT2D eigenvalue weighted by atomic mass is 19.1. The van der Waals surface area contributed by atoms with E-state index in [-0.39, 0.29) is 29.2 Å². The van der Waals surface area contributed by atoms with E-state index in [1.54, 1.807) is 18.3 Å². The van der Waals surface area contributed by atoms with Gasteiger partial charge in [-0.3, -0.25) is 24.8 Å². The molecule has 5 aliphatic rings. The number of nitrogen functional groups attached to an aromatic ring is 1. The van der Waals surface area contributed by atoms with E-state index < -0.39 is 11.6 Å². The standard InChI is InChI=1S/C41H44FN7O5/c42-32-5-1-4-30(38(32)51)34-20-31(40(43)47-46-34)33-19-24(13-14-44-33)25-17-27-21-53-22-28(18-25)49(27)26-9-7-23(8-10-26)29-3-2-6-35-39(29)54-16-15-48(35)36-11-12-37(50)45-41(36)52/h1-6,13-14,19-20,23,25-28,36,51H,7-12,15-18,21-22H2,(H2,43,47)(H,45,50,52)/t23?,25?,26?,27-,28+,36-/m1/s1. The Bertz CT molecular complexity index is 2080. The molecule has 1 saturated carbocycles. The molecule has 0 spiro atoms. The Labute approximate surface area is 312 Å². The van der Waals surface area contributed by atoms with Gasteiger partial charge in [0.25, 0.3) is 0 Å². The first-order chi connectivity index (χ1) is 26.3. The number of pyridine rings is 1. The van der Waals surface area contributed by atoms with E-state index in [9.17, 15) is 19.1 Å². The van der Waals surface area contributed by atoms with Gasteiger partial charge in [-0.05, 0) is 104 Å². The number of morpholine rings is 1. The van der Waals surface area contributed by atoms with Crippen LogP contribution in [0.15, 0.2) is 60.8 Å². The Kier molecular flexibility index (Phi) is 9.14. The van der Waals surface area contributed by atoms with Crippen molar-refractivity contribution in [3.8, 4) is 34.0 Å². The number of benzene rings is 2. The van der Waals surface area contributed by atoms with Crippen LogP contribution < -0.4 is 20.7 Å². The molecule has 2 bridgehead atoms. The predicted octanol–water partition coefficient (Wildman–Crippen LogP) is 5.31. The Morgan fingerprint density at radius 3 is 2.46 bits per heavy atom. The molecule has 4 aromatic rings. The largest absolute Gasteiger partial charge is 0.504 e. The summed E-state index contributed by atoms with van der Waals surface area (Å²) >= 11 is 0. The minimum atomic E-state index is -0.730. The maximum Gasteiger partial charge on any atom is 0.249 e. The molecule has 2 aromatic heterocycles. The molecule has 4 atom stereocenters. The number of para-hydroxylation sites is 2. The number of hydrogen-bond acceptors (Lipinski definition) is 11. The fraction of sp³-hybridized carbons (Fsp3) is 0.439. The van der Waals surface area contributed by atoms with Crippen molar-refractivity contribution in [2.45, 2.75) is 87.4 Å². The number of piperidine rings is 2. The second kappa shape index (κ2) is 14.3. The van der Waals surface area contributed by atoms with Crippen molar-refractivity contribution in [3.05, 3.63) is 77.7 Å². The number of carbonyl (C=O) groups excluding carboxylic acids is 2. The third-order valence-electron chi connectivity index (χ3n) is 12.3. The number of phenolic OH excluding ortho intramolecular Hbond substituents is 1. The molecule has 3 saturated heterocycles. The number of aromatic nitrogens is 3. The maximum atomic E-state index is 14.1. The van der Waals surface area contributed by atoms with Crippen molar-refractivity contribution < 1.29 is 28.6 Å². The number of halogens is 1. The van der Waals surface area contributed by atoms with Crippen LogP contribution in [0.1, 0.15) is 74.3 Å². The van der Waals surface area contributed by atoms with E-state index in [2.05, 4.69) is 54.6 Å². The van der Waals surface area contributed by atoms with Crippen molar-refractivity contribution >= 4 is 23.3 Å². The van der Waals surface area contributed by atoms with Gasteiger partial charge in [0.1, 0.15) is 18.4 Å². The number of aromatic hydroxyl groups is 1. The maximum absolute atomic E-state index is 14.1. The lowest BCUT2D eigenvalue weighted by Crippen LogP contribution is -2.60. The van der Waals surface area contributed by atoms with Crippen LogP contribution >= 0.6 is 0 Å². The molecule has 2 amide bonds. The van der Waals surface area contributed by atoms with Gasteiger partial charge in [0, 0.05) is 41.9 Å². The average Bonchev–Trinajstić information content (AvgIpc) is 3.18. The highest BCUT2D eigenvalue weighted by molar-refractivity contribution is 6.02. The highest BCUT2D eigenvalue weighted by Crippen LogP contribution is 2.47. The van der Waals surface area contributed by atoms with E-state index >= 15 is 0 Å². The third-order valence-corrected chi connectivity index (χ3v) is 12.3. The molecule has 0 radical (unpaired) electrons. The molecule has 13 heteroatoms. The van der Waals surface area contributed by atoms with Crippen LogP contribution in [0.3, 0.4) is 0 Å². The zero-order valence-corrected chi connectivity index (χ0v) is 30.0. The second-order valence-corrected chi connectivity index (χ2v) is 15.3. The number of anilines is 2. The van der Waals surface area contributed by atoms with Crippen molar-refractivity contribution in [1.29, 1.82) is 0 Å². The molecule has 12 nitrogen and oxygen atoms in total. The van der Waals surface area contributed by atoms with Gasteiger partial charge >= 0.3 is 0 Å². The number of rotatable bonds is 6. The number of nitrogens with one attached hydrogen (secondary N) is 1. The molecule has 1 unspecified atom stereocenters. The third kappa shape index (κ3) is 6.32. The summed E-state index contributed by atoms with van der Waals surface area (Å²) in [5, 5.41) is 21.1. The first kappa shape index (κ1) is 34.6. The molecule has 4 aliphatic heterocycles. The molecule has 2 aromatic carbocycles. The summed E-state index contributed by atoms with van der Waals surface area (Å²) in [6.45, 7) is 2.56. The molecule has 6 heterocycles. The van der Waals surface area contributed by atoms with Gasteiger partial charge in [-0.25, -0.2) is 4.39 Å². The number of nitrogens with zero attached hydrogens (tertiary/aromatic N) is 5. The highest BCUT2D eigenvalue weighted by Gasteiger charge is 2.44. The number of ether oxygens (including phenoxy) is 2. The van der Waals surface area contributed by atoms with Crippen molar-refractivity contribution in [3.63, 3.8) is 0 Å². The van der Waals surface area contributed by atoms with Gasteiger partial charge in [0.05, 0.1) is 36.8 Å². The predicted molar refractivity (Wildman–Crippen MR) is 199 cm³/mol. The molecule has 9 rings (SSSR count). The molecule has 280 valence electrons. The number of imide groups is 1. The van der Waals surface area contributed by atoms with Crippen LogP contribution in [0.25, 0.3) is 22.5 Å². The summed E-state index contributed by atoms with van der Waals surface area (Å²) in [5.41, 5.74) is 11.4. The number of phenols is 1. The van der Waals surface area contributed by atoms with Gasteiger partial charge < -0.3 is 25.2 Å². The lowest BCUT2D eigenvalue weighted by molar-refractivity contribution is -0.134. The average molecular weight is 734 g/mol. The summed E-state index contributed by atoms with van der Waals surface area (Å²) in [5.74, 6) is 0.171. The zero-order valence-electron chi connectivity index (χ0n) is 30.0. The monoisotopic (exact) mass is 733 g/mol. The minimum Gasteiger partial charge on any atom is -0.504 e. The minimum absolute atomic E-state index is 0.201. The van der Waals surface area contributed by atoms with Crippen LogP contribution in [0.4, 0.5) is 15.9 Å². The number of fused-ring (bicyclic) bond motifs is 3. The van der Waals surface area contributed by atoms with Gasteiger partial charge in [-0.2, -0.15) is 0 Å². The lowest BCUT2D eigenvalue weighted by Gasteiger charge is -2.53. The van der Waals surface area contributed by atoms with E-state index in [0.29, 0.717) is 86.1 Å². The van der Waals surface area contributed by atoms with E-state index in [1.165, 1.54) is 23.3 Å². The van der Waals surface area contributed by atoms with Crippen LogP contribution in [0.2, 0.25) is 0 Å². The van der Waals surface area contributed by atoms with Crippen LogP contribution in [-0.2, 0) is 14.3 Å². The van der Waals surface area contributed by atoms with Gasteiger partial charge in [0.2, 0.25) is 11.8 Å². The normalized spacial score (nSPS) is 27.2. The molecule has 4 N–H and O–H groups in total. The number of carbonyl (C=O) groups is 2. The van der Waals surface area contributed by atoms with Gasteiger partial charge in [0.15, 0.2) is 17.4 Å². The summed E-state index contributed by atoms with van der Waals surface area (Å²) in [7, 11) is 0. The van der Waals surface area contributed by atoms with E-state index in [0.717, 1.165) is 50.0 Å². The molecule has 1 aliphatic carbocycles. The van der Waals surface area contributed by atoms with E-state index in [1.807, 2.05) is 6.07 Å². The van der Waals surface area contributed by atoms with Crippen molar-refractivity contribution in [1.82, 2.24) is 25.4 Å². The summed E-state index contributed by atoms with van der Waals surface area (Å²) in [6.07, 6.45) is 8.95. The van der Waals surface area contributed by atoms with Crippen LogP contribution in [0, 0.1) is 5.82 Å². The zero-order chi connectivity index (χ0) is 36.9. The Morgan fingerprint density at radius 2 is 1.67 bits per heavy atom. The first-order valence-corrected chi connectivity index (χ1v) is 19.1. The fourth-order valence-electron chi connectivity index (χ4n) is 9.72. The van der Waals surface area contributed by atoms with Crippen LogP contribution in [-0.4, -0.2) is 87.5 Å². The Morgan fingerprint density at radius 1 is 0.870 bits per heavy atom. The lowest BCUT2D eigenvalue weighted by atomic mass is 9.76. The molecular formula is C41H44FN7O5. The van der Waals surface area contributed by atoms with Gasteiger partial charge in [-0.1, -0.05) is 18.2 Å². The van der Waals surface area contributed by atoms with Crippen molar-refractivity contribution in [2.24, 2.45) is 0 Å². The summed E-state index contributed by atoms with van der Waals surface area (Å²) < 4.78 is 26.6. The SMILES string of the molecule is Nc1nnc(-c2cccc(F)c2O)cc1-c1cc(C2C[C@H]3COC[C@@H](C2)N3C2CCC(c3cccc4c3OCCN4[C@@H]3CCC(=O)NC3=O)CC2)ccn1. The van der Waals surface area contributed by atoms with Gasteiger partial charge in [-0.15, -0.1) is 10.2 Å². The number of amides is 2. The smallest absolute Gasteiger partial charge is 0.249 e. The van der Waals surface area contributed by atoms with Crippen LogP contribution in [0.5, 0.6) is 11.5 Å². The number of hydrogen-bond donors (Lipinski definition) is 3. The quantitative estimate of drug-likeness (QED) is 0.221.